The van der Waals surface area contributed by atoms with Crippen LogP contribution in [0.1, 0.15) is 37.1 Å². The van der Waals surface area contributed by atoms with Gasteiger partial charge in [0.15, 0.2) is 0 Å². The first-order valence-electron chi connectivity index (χ1n) is 5.44. The molecule has 1 aliphatic rings. The van der Waals surface area contributed by atoms with E-state index in [9.17, 15) is 13.0 Å². The lowest BCUT2D eigenvalue weighted by Gasteiger charge is -2.19. The maximum atomic E-state index is 11.0. The molecule has 1 aromatic rings. The summed E-state index contributed by atoms with van der Waals surface area (Å²) in [7, 11) is -4.30. The molecular formula is C12H15O4S-. The van der Waals surface area contributed by atoms with Gasteiger partial charge in [0.2, 0.25) is 0 Å². The fourth-order valence-corrected chi connectivity index (χ4v) is 2.44. The predicted molar refractivity (Wildman–Crippen MR) is 63.1 cm³/mol. The summed E-state index contributed by atoms with van der Waals surface area (Å²) in [6.07, 6.45) is 0. The highest BCUT2D eigenvalue weighted by atomic mass is 32.2. The summed E-state index contributed by atoms with van der Waals surface area (Å²) in [6.45, 7) is 6.04. The molecular weight excluding hydrogens is 240 g/mol. The summed E-state index contributed by atoms with van der Waals surface area (Å²) in [4.78, 5) is 0. The van der Waals surface area contributed by atoms with E-state index in [4.69, 9.17) is 4.74 Å². The van der Waals surface area contributed by atoms with E-state index in [-0.39, 0.29) is 5.41 Å². The molecule has 2 rings (SSSR count). The van der Waals surface area contributed by atoms with Crippen LogP contribution in [0.25, 0.3) is 0 Å². The molecule has 0 spiro atoms. The predicted octanol–water partition coefficient (Wildman–Crippen LogP) is 1.96. The van der Waals surface area contributed by atoms with Crippen molar-refractivity contribution < 1.29 is 17.7 Å². The average Bonchev–Trinajstić information content (AvgIpc) is 2.52. The Bertz CT molecular complexity index is 546. The maximum Gasteiger partial charge on any atom is 0.123 e. The van der Waals surface area contributed by atoms with Crippen LogP contribution in [0.3, 0.4) is 0 Å². The van der Waals surface area contributed by atoms with Crippen LogP contribution in [0.2, 0.25) is 0 Å². The summed E-state index contributed by atoms with van der Waals surface area (Å²) < 4.78 is 38.5. The molecule has 1 aliphatic heterocycles. The van der Waals surface area contributed by atoms with Crippen molar-refractivity contribution in [1.82, 2.24) is 0 Å². The quantitative estimate of drug-likeness (QED) is 0.758. The van der Waals surface area contributed by atoms with E-state index in [2.05, 4.69) is 0 Å². The Labute approximate surface area is 101 Å². The highest BCUT2D eigenvalue weighted by Gasteiger charge is 2.32. The Balaban J connectivity index is 2.48. The minimum absolute atomic E-state index is 0.141. The SMILES string of the molecule is CC(c1ccc2c(c1)C(C)(C)CO2)S(=O)(=O)[O-]. The summed E-state index contributed by atoms with van der Waals surface area (Å²) in [5.74, 6) is 0.772. The average molecular weight is 255 g/mol. The van der Waals surface area contributed by atoms with Gasteiger partial charge in [-0.15, -0.1) is 0 Å². The van der Waals surface area contributed by atoms with Gasteiger partial charge in [-0.2, -0.15) is 0 Å². The molecule has 5 heteroatoms. The molecule has 4 nitrogen and oxygen atoms in total. The molecule has 0 bridgehead atoms. The van der Waals surface area contributed by atoms with Crippen LogP contribution in [0, 0.1) is 0 Å². The van der Waals surface area contributed by atoms with Crippen molar-refractivity contribution in [3.63, 3.8) is 0 Å². The minimum Gasteiger partial charge on any atom is -0.747 e. The molecule has 1 unspecified atom stereocenters. The fourth-order valence-electron chi connectivity index (χ4n) is 1.96. The first kappa shape index (κ1) is 12.4. The Morgan fingerprint density at radius 1 is 1.41 bits per heavy atom. The molecule has 94 valence electrons. The Hall–Kier alpha value is -1.07. The van der Waals surface area contributed by atoms with Crippen LogP contribution in [-0.4, -0.2) is 19.6 Å². The Morgan fingerprint density at radius 2 is 2.06 bits per heavy atom. The van der Waals surface area contributed by atoms with E-state index in [0.29, 0.717) is 12.2 Å². The van der Waals surface area contributed by atoms with Crippen molar-refractivity contribution >= 4 is 10.1 Å². The Kier molecular flexibility index (Phi) is 2.71. The number of rotatable bonds is 2. The van der Waals surface area contributed by atoms with E-state index in [1.807, 2.05) is 13.8 Å². The first-order valence-corrected chi connectivity index (χ1v) is 6.91. The van der Waals surface area contributed by atoms with E-state index >= 15 is 0 Å². The molecule has 0 aromatic heterocycles. The highest BCUT2D eigenvalue weighted by molar-refractivity contribution is 7.85. The maximum absolute atomic E-state index is 11.0. The third kappa shape index (κ3) is 2.17. The lowest BCUT2D eigenvalue weighted by molar-refractivity contribution is 0.291. The molecule has 0 saturated heterocycles. The van der Waals surface area contributed by atoms with Crippen LogP contribution in [0.5, 0.6) is 5.75 Å². The molecule has 0 N–H and O–H groups in total. The third-order valence-corrected chi connectivity index (χ3v) is 4.36. The van der Waals surface area contributed by atoms with Gasteiger partial charge >= 0.3 is 0 Å². The molecule has 0 radical (unpaired) electrons. The summed E-state index contributed by atoms with van der Waals surface area (Å²) in [6, 6.07) is 5.14. The van der Waals surface area contributed by atoms with Gasteiger partial charge in [-0.1, -0.05) is 26.0 Å². The minimum atomic E-state index is -4.30. The van der Waals surface area contributed by atoms with Crippen molar-refractivity contribution in [3.8, 4) is 5.75 Å². The van der Waals surface area contributed by atoms with E-state index in [0.717, 1.165) is 11.3 Å². The van der Waals surface area contributed by atoms with Gasteiger partial charge in [-0.3, -0.25) is 0 Å². The zero-order chi connectivity index (χ0) is 12.8. The van der Waals surface area contributed by atoms with Crippen molar-refractivity contribution in [2.45, 2.75) is 31.4 Å². The molecule has 0 saturated carbocycles. The van der Waals surface area contributed by atoms with Gasteiger partial charge in [0, 0.05) is 11.0 Å². The van der Waals surface area contributed by atoms with E-state index < -0.39 is 15.4 Å². The van der Waals surface area contributed by atoms with Gasteiger partial charge in [-0.25, -0.2) is 8.42 Å². The number of ether oxygens (including phenoxy) is 1. The summed E-state index contributed by atoms with van der Waals surface area (Å²) in [5.41, 5.74) is 1.35. The largest absolute Gasteiger partial charge is 0.747 e. The third-order valence-electron chi connectivity index (χ3n) is 3.22. The summed E-state index contributed by atoms with van der Waals surface area (Å²) >= 11 is 0. The van der Waals surface area contributed by atoms with Crippen LogP contribution >= 0.6 is 0 Å². The van der Waals surface area contributed by atoms with Gasteiger partial charge in [0.1, 0.15) is 15.9 Å². The smallest absolute Gasteiger partial charge is 0.123 e. The molecule has 1 atom stereocenters. The van der Waals surface area contributed by atoms with E-state index in [1.54, 1.807) is 18.2 Å². The van der Waals surface area contributed by atoms with Crippen molar-refractivity contribution in [2.24, 2.45) is 0 Å². The number of benzene rings is 1. The van der Waals surface area contributed by atoms with Crippen LogP contribution in [0.15, 0.2) is 18.2 Å². The van der Waals surface area contributed by atoms with Crippen LogP contribution < -0.4 is 4.74 Å². The summed E-state index contributed by atoms with van der Waals surface area (Å²) in [5, 5.41) is -1.02. The van der Waals surface area contributed by atoms with Crippen molar-refractivity contribution in [2.75, 3.05) is 6.61 Å². The zero-order valence-corrected chi connectivity index (χ0v) is 10.9. The second kappa shape index (κ2) is 3.71. The monoisotopic (exact) mass is 255 g/mol. The molecule has 1 aromatic carbocycles. The van der Waals surface area contributed by atoms with Gasteiger partial charge in [0.05, 0.1) is 11.9 Å². The highest BCUT2D eigenvalue weighted by Crippen LogP contribution is 2.40. The fraction of sp³-hybridized carbons (Fsp3) is 0.500. The topological polar surface area (TPSA) is 66.4 Å². The number of hydrogen-bond acceptors (Lipinski definition) is 4. The van der Waals surface area contributed by atoms with Crippen LogP contribution in [0.4, 0.5) is 0 Å². The molecule has 0 fully saturated rings. The first-order chi connectivity index (χ1) is 7.72. The number of hydrogen-bond donors (Lipinski definition) is 0. The molecule has 1 heterocycles. The van der Waals surface area contributed by atoms with Crippen molar-refractivity contribution in [3.05, 3.63) is 29.3 Å². The molecule has 0 amide bonds. The second-order valence-corrected chi connectivity index (χ2v) is 6.76. The lowest BCUT2D eigenvalue weighted by atomic mass is 9.86. The standard InChI is InChI=1S/C12H16O4S/c1-8(17(13,14)15)9-4-5-11-10(6-9)12(2,3)7-16-11/h4-6,8H,7H2,1-3H3,(H,13,14,15)/p-1. The van der Waals surface area contributed by atoms with Gasteiger partial charge in [0.25, 0.3) is 0 Å². The lowest BCUT2D eigenvalue weighted by Crippen LogP contribution is -2.18. The van der Waals surface area contributed by atoms with Crippen molar-refractivity contribution in [1.29, 1.82) is 0 Å². The Morgan fingerprint density at radius 3 is 2.65 bits per heavy atom. The normalized spacial score (nSPS) is 19.5. The van der Waals surface area contributed by atoms with Gasteiger partial charge < -0.3 is 9.29 Å². The number of fused-ring (bicyclic) bond motifs is 1. The van der Waals surface area contributed by atoms with Gasteiger partial charge in [-0.05, 0) is 18.6 Å². The second-order valence-electron chi connectivity index (χ2n) is 5.06. The molecule has 0 aliphatic carbocycles. The molecule has 17 heavy (non-hydrogen) atoms. The van der Waals surface area contributed by atoms with E-state index in [1.165, 1.54) is 6.92 Å². The zero-order valence-electron chi connectivity index (χ0n) is 10.1. The van der Waals surface area contributed by atoms with Crippen LogP contribution in [-0.2, 0) is 15.5 Å².